The van der Waals surface area contributed by atoms with Gasteiger partial charge in [-0.1, -0.05) is 177 Å². The first-order valence-electron chi connectivity index (χ1n) is 31.7. The molecule has 0 spiro atoms. The smallest absolute Gasteiger partial charge is 0.268 e. The number of fused-ring (bicyclic) bond motifs is 4. The standard InChI is InChI=1S/C64H46N4O.Pt/c1-64(2,3)50-35-36-65-62(40-50)68-58-30-17-16-29-54(58)55-33-32-53(42-60(55)68)69-52-28-18-27-51(41-52)66-43-67(59-34-31-48(39-61(59)66)44-19-8-4-9-20-44)63-56(46-23-12-6-13-24-46)37-49(45-21-10-5-11-22-45)38-57(63)47-25-14-7-15-26-47;/h4-40H,1-3H3;/q-2;/i4D,5D,6D,7D,8D,9D,10D,11D,12D,13D,14D,15D,19D,20D,21D,22D,23D,24D,25D,26D;. The van der Waals surface area contributed by atoms with Gasteiger partial charge in [-0.15, -0.1) is 29.7 Å². The first-order valence-corrected chi connectivity index (χ1v) is 21.7. The van der Waals surface area contributed by atoms with Crippen LogP contribution in [0.3, 0.4) is 0 Å². The van der Waals surface area contributed by atoms with Crippen molar-refractivity contribution in [3.05, 3.63) is 248 Å². The maximum Gasteiger partial charge on any atom is 0.268 e. The predicted octanol–water partition coefficient (Wildman–Crippen LogP) is 15.6. The molecule has 0 saturated heterocycles. The molecule has 0 amide bonds. The number of benzene rings is 9. The third-order valence-corrected chi connectivity index (χ3v) is 11.7. The summed E-state index contributed by atoms with van der Waals surface area (Å²) in [6, 6.07) is 19.5. The van der Waals surface area contributed by atoms with Gasteiger partial charge < -0.3 is 13.9 Å². The van der Waals surface area contributed by atoms with Crippen molar-refractivity contribution in [3.8, 4) is 73.2 Å². The molecule has 0 aliphatic heterocycles. The van der Waals surface area contributed by atoms with Gasteiger partial charge in [-0.05, 0) is 103 Å². The molecule has 0 radical (unpaired) electrons. The first kappa shape index (κ1) is 27.2. The first-order chi connectivity index (χ1) is 42.1. The number of hydrogen-bond donors (Lipinski definition) is 0. The van der Waals surface area contributed by atoms with Gasteiger partial charge in [-0.25, -0.2) is 4.98 Å². The summed E-state index contributed by atoms with van der Waals surface area (Å²) in [6.07, 6.45) is 5.05. The molecule has 12 aromatic rings. The minimum absolute atomic E-state index is 0. The van der Waals surface area contributed by atoms with E-state index in [9.17, 15) is 5.48 Å². The molecular weight excluding hydrogens is 1040 g/mol. The van der Waals surface area contributed by atoms with Gasteiger partial charge in [0.05, 0.1) is 44.1 Å². The van der Waals surface area contributed by atoms with Crippen molar-refractivity contribution in [2.24, 2.45) is 0 Å². The van der Waals surface area contributed by atoms with Gasteiger partial charge in [0.2, 0.25) is 0 Å². The quantitative estimate of drug-likeness (QED) is 0.107. The molecule has 3 aromatic heterocycles. The normalized spacial score (nSPS) is 15.5. The van der Waals surface area contributed by atoms with Crippen LogP contribution in [0.15, 0.2) is 224 Å². The number of pyridine rings is 1. The van der Waals surface area contributed by atoms with E-state index in [0.717, 1.165) is 21.9 Å². The predicted molar refractivity (Wildman–Crippen MR) is 280 cm³/mol. The number of hydrogen-bond acceptors (Lipinski definition) is 2. The van der Waals surface area contributed by atoms with Crippen LogP contribution in [0.1, 0.15) is 53.7 Å². The van der Waals surface area contributed by atoms with Crippen molar-refractivity contribution in [1.82, 2.24) is 14.1 Å². The fourth-order valence-electron chi connectivity index (χ4n) is 8.49. The van der Waals surface area contributed by atoms with Gasteiger partial charge in [0.25, 0.3) is 6.33 Å². The van der Waals surface area contributed by atoms with Crippen LogP contribution in [0, 0.1) is 18.5 Å². The zero-order valence-electron chi connectivity index (χ0n) is 57.3. The van der Waals surface area contributed by atoms with Crippen molar-refractivity contribution in [2.45, 2.75) is 26.2 Å². The largest absolute Gasteiger partial charge is 0.510 e. The molecule has 0 saturated carbocycles. The SMILES string of the molecule is [2H]c1c([2H])c([2H])c(-c2cc(-c3c([2H])c([2H])c([2H])c([2H])c3[2H])c(-[n+]3[c-]n(-c4[c-]c(Oc5[c-]c6c(cc5)c5ccccc5n6-c5cc(C(C)(C)C)ccn5)ccc4)c4cc(-c5c([2H])c([2H])c([2H])c([2H])c5[2H])ccc43)c(-c3c([2H])c([2H])c([2H])c([2H])c3[2H])c2)c([2H])c1[2H].[Pt]. The Morgan fingerprint density at radius 1 is 0.543 bits per heavy atom. The monoisotopic (exact) mass is 1100 g/mol. The molecule has 0 aliphatic rings. The Morgan fingerprint density at radius 3 is 1.81 bits per heavy atom. The van der Waals surface area contributed by atoms with Crippen molar-refractivity contribution < 1.29 is 57.8 Å². The zero-order valence-corrected chi connectivity index (χ0v) is 39.6. The summed E-state index contributed by atoms with van der Waals surface area (Å²) in [6.45, 7) is 6.35. The van der Waals surface area contributed by atoms with Crippen LogP contribution in [-0.4, -0.2) is 14.1 Å². The van der Waals surface area contributed by atoms with Gasteiger partial charge in [-0.3, -0.25) is 4.57 Å². The summed E-state index contributed by atoms with van der Waals surface area (Å²) in [5.41, 5.74) is 0.105. The number of imidazole rings is 1. The van der Waals surface area contributed by atoms with Gasteiger partial charge >= 0.3 is 0 Å². The molecule has 70 heavy (non-hydrogen) atoms. The van der Waals surface area contributed by atoms with E-state index in [0.29, 0.717) is 11.3 Å². The second-order valence-electron chi connectivity index (χ2n) is 17.0. The van der Waals surface area contributed by atoms with Crippen LogP contribution in [0.25, 0.3) is 94.5 Å². The molecule has 0 atom stereocenters. The van der Waals surface area contributed by atoms with Crippen molar-refractivity contribution in [1.29, 1.82) is 0 Å². The summed E-state index contributed by atoms with van der Waals surface area (Å²) in [5, 5.41) is 1.81. The Kier molecular flexibility index (Phi) is 7.15. The summed E-state index contributed by atoms with van der Waals surface area (Å²) in [4.78, 5) is 4.79. The number of nitrogens with zero attached hydrogens (tertiary/aromatic N) is 4. The van der Waals surface area contributed by atoms with Crippen LogP contribution >= 0.6 is 0 Å². The molecule has 0 unspecified atom stereocenters. The second kappa shape index (κ2) is 18.4. The van der Waals surface area contributed by atoms with Gasteiger partial charge in [-0.2, -0.15) is 18.2 Å². The maximum absolute atomic E-state index is 9.41. The van der Waals surface area contributed by atoms with Crippen molar-refractivity contribution in [3.63, 3.8) is 0 Å². The third kappa shape index (κ3) is 8.23. The minimum atomic E-state index is -0.806. The minimum Gasteiger partial charge on any atom is -0.510 e. The zero-order chi connectivity index (χ0) is 63.9. The van der Waals surface area contributed by atoms with E-state index in [1.165, 1.54) is 39.5 Å². The van der Waals surface area contributed by atoms with E-state index < -0.39 is 138 Å². The van der Waals surface area contributed by atoms with Crippen LogP contribution in [-0.2, 0) is 26.5 Å². The van der Waals surface area contributed by atoms with E-state index in [2.05, 4.69) is 39.2 Å². The Labute approximate surface area is 450 Å². The summed E-state index contributed by atoms with van der Waals surface area (Å²) >= 11 is 0. The third-order valence-electron chi connectivity index (χ3n) is 11.7. The van der Waals surface area contributed by atoms with Gasteiger partial charge in [0, 0.05) is 44.3 Å². The van der Waals surface area contributed by atoms with Crippen molar-refractivity contribution >= 4 is 32.8 Å². The molecule has 6 heteroatoms. The van der Waals surface area contributed by atoms with Gasteiger partial charge in [0.1, 0.15) is 5.82 Å². The topological polar surface area (TPSA) is 35.9 Å². The Morgan fingerprint density at radius 2 is 1.16 bits per heavy atom. The molecule has 0 fully saturated rings. The summed E-state index contributed by atoms with van der Waals surface area (Å²) in [5.74, 6) is 1.07. The van der Waals surface area contributed by atoms with Gasteiger partial charge in [0.15, 0.2) is 0 Å². The average Bonchev–Trinajstić information content (AvgIpc) is 1.27. The summed E-state index contributed by atoms with van der Waals surface area (Å²) in [7, 11) is 0. The Hall–Kier alpha value is -8.11. The van der Waals surface area contributed by atoms with E-state index in [1.807, 2.05) is 47.0 Å². The number of aromatic nitrogens is 4. The van der Waals surface area contributed by atoms with E-state index in [-0.39, 0.29) is 88.2 Å². The summed E-state index contributed by atoms with van der Waals surface area (Å²) < 4.78 is 189. The molecular formula is C64H46N4OPt-2. The van der Waals surface area contributed by atoms with E-state index in [4.69, 9.17) is 31.7 Å². The number of ether oxygens (including phenoxy) is 1. The van der Waals surface area contributed by atoms with Crippen LogP contribution in [0.4, 0.5) is 0 Å². The molecule has 0 aliphatic carbocycles. The van der Waals surface area contributed by atoms with Crippen molar-refractivity contribution in [2.75, 3.05) is 0 Å². The number of rotatable bonds is 9. The van der Waals surface area contributed by atoms with Crippen LogP contribution < -0.4 is 9.30 Å². The number of para-hydroxylation sites is 1. The molecule has 0 bridgehead atoms. The molecule has 3 heterocycles. The molecule has 340 valence electrons. The molecule has 0 N–H and O–H groups in total. The Bertz CT molecular complexity index is 4870. The fourth-order valence-corrected chi connectivity index (χ4v) is 8.49. The van der Waals surface area contributed by atoms with E-state index >= 15 is 0 Å². The van der Waals surface area contributed by atoms with Crippen LogP contribution in [0.5, 0.6) is 11.5 Å². The van der Waals surface area contributed by atoms with E-state index in [1.54, 1.807) is 30.5 Å². The maximum atomic E-state index is 9.41. The van der Waals surface area contributed by atoms with Crippen LogP contribution in [0.2, 0.25) is 0 Å². The fraction of sp³-hybridized carbons (Fsp3) is 0.0625. The Balaban J connectivity index is 0.00000833. The molecule has 9 aromatic carbocycles. The molecule has 12 rings (SSSR count). The molecule has 5 nitrogen and oxygen atoms in total. The average molecular weight is 1100 g/mol. The second-order valence-corrected chi connectivity index (χ2v) is 17.0.